The van der Waals surface area contributed by atoms with Crippen LogP contribution >= 0.6 is 23.2 Å². The molecule has 0 atom stereocenters. The molecule has 1 saturated heterocycles. The second kappa shape index (κ2) is 4.65. The fourth-order valence-corrected chi connectivity index (χ4v) is 2.74. The number of hydrazine groups is 1. The van der Waals surface area contributed by atoms with Gasteiger partial charge in [0.15, 0.2) is 0 Å². The van der Waals surface area contributed by atoms with Gasteiger partial charge in [0, 0.05) is 19.6 Å². The highest BCUT2D eigenvalue weighted by Gasteiger charge is 2.40. The predicted octanol–water partition coefficient (Wildman–Crippen LogP) is 2.80. The minimum atomic E-state index is -0.610. The minimum absolute atomic E-state index is 0.600. The van der Waals surface area contributed by atoms with Crippen molar-refractivity contribution in [1.29, 1.82) is 0 Å². The van der Waals surface area contributed by atoms with Crippen LogP contribution in [0.4, 0.5) is 5.69 Å². The Kier molecular flexibility index (Phi) is 3.55. The summed E-state index contributed by atoms with van der Waals surface area (Å²) in [5.41, 5.74) is 0.204. The second-order valence-electron chi connectivity index (χ2n) is 4.61. The van der Waals surface area contributed by atoms with Crippen LogP contribution in [0.1, 0.15) is 13.8 Å². The number of benzene rings is 1. The van der Waals surface area contributed by atoms with E-state index in [1.807, 2.05) is 42.1 Å². The van der Waals surface area contributed by atoms with Crippen LogP contribution in [-0.4, -0.2) is 35.4 Å². The molecule has 5 heteroatoms. The Bertz CT molecular complexity index is 395. The first-order valence-corrected chi connectivity index (χ1v) is 6.39. The largest absolute Gasteiger partial charge is 0.387 e. The van der Waals surface area contributed by atoms with Crippen molar-refractivity contribution in [1.82, 2.24) is 5.01 Å². The zero-order valence-corrected chi connectivity index (χ0v) is 11.5. The molecule has 0 amide bonds. The Morgan fingerprint density at radius 3 is 2.29 bits per heavy atom. The zero-order chi connectivity index (χ0) is 12.6. The Labute approximate surface area is 112 Å². The Hall–Kier alpha value is -0.480. The normalized spacial score (nSPS) is 18.9. The predicted molar refractivity (Wildman–Crippen MR) is 71.7 cm³/mol. The summed E-state index contributed by atoms with van der Waals surface area (Å²) in [5.74, 6) is 0. The topological polar surface area (TPSA) is 26.7 Å². The summed E-state index contributed by atoms with van der Waals surface area (Å²) in [6.07, 6.45) is 0. The number of rotatable bonds is 3. The van der Waals surface area contributed by atoms with Gasteiger partial charge in [-0.05, 0) is 26.0 Å². The van der Waals surface area contributed by atoms with Gasteiger partial charge in [-0.3, -0.25) is 0 Å². The number of hydrogen-bond donors (Lipinski definition) is 1. The number of halogens is 2. The van der Waals surface area contributed by atoms with Gasteiger partial charge in [0.05, 0.1) is 21.3 Å². The lowest BCUT2D eigenvalue weighted by atomic mass is 9.99. The number of aliphatic hydroxyl groups is 1. The van der Waals surface area contributed by atoms with Crippen molar-refractivity contribution in [2.24, 2.45) is 0 Å². The van der Waals surface area contributed by atoms with Crippen LogP contribution in [0.15, 0.2) is 18.2 Å². The molecule has 0 spiro atoms. The smallest absolute Gasteiger partial charge is 0.0909 e. The van der Waals surface area contributed by atoms with Crippen LogP contribution in [0.25, 0.3) is 0 Å². The molecule has 0 radical (unpaired) electrons. The van der Waals surface area contributed by atoms with Crippen molar-refractivity contribution in [3.05, 3.63) is 28.2 Å². The van der Waals surface area contributed by atoms with Crippen molar-refractivity contribution in [3.63, 3.8) is 0 Å². The van der Waals surface area contributed by atoms with E-state index < -0.39 is 5.60 Å². The molecule has 0 aromatic heterocycles. The van der Waals surface area contributed by atoms with Crippen LogP contribution in [-0.2, 0) is 0 Å². The molecule has 0 unspecified atom stereocenters. The summed E-state index contributed by atoms with van der Waals surface area (Å²) >= 11 is 12.4. The quantitative estimate of drug-likeness (QED) is 0.918. The van der Waals surface area contributed by atoms with Gasteiger partial charge >= 0.3 is 0 Å². The van der Waals surface area contributed by atoms with E-state index in [9.17, 15) is 5.11 Å². The zero-order valence-electron chi connectivity index (χ0n) is 9.95. The van der Waals surface area contributed by atoms with E-state index in [1.165, 1.54) is 0 Å². The molecule has 1 aromatic rings. The summed E-state index contributed by atoms with van der Waals surface area (Å²) in [4.78, 5) is 0. The van der Waals surface area contributed by atoms with E-state index >= 15 is 0 Å². The van der Waals surface area contributed by atoms with Gasteiger partial charge in [0.25, 0.3) is 0 Å². The molecule has 1 aliphatic heterocycles. The fourth-order valence-electron chi connectivity index (χ4n) is 2.15. The van der Waals surface area contributed by atoms with E-state index in [0.29, 0.717) is 23.1 Å². The summed E-state index contributed by atoms with van der Waals surface area (Å²) < 4.78 is 0. The maximum absolute atomic E-state index is 9.78. The van der Waals surface area contributed by atoms with E-state index in [1.54, 1.807) is 0 Å². The lowest BCUT2D eigenvalue weighted by Crippen LogP contribution is -2.65. The van der Waals surface area contributed by atoms with Gasteiger partial charge in [-0.25, -0.2) is 5.01 Å². The monoisotopic (exact) mass is 274 g/mol. The molecule has 0 saturated carbocycles. The van der Waals surface area contributed by atoms with Gasteiger partial charge in [-0.15, -0.1) is 0 Å². The van der Waals surface area contributed by atoms with E-state index in [2.05, 4.69) is 0 Å². The van der Waals surface area contributed by atoms with Crippen LogP contribution in [0.5, 0.6) is 0 Å². The highest BCUT2D eigenvalue weighted by atomic mass is 35.5. The number of β-amino-alcohol motifs (C(OH)–C–C–N with tert-alkyl or cyclic N) is 1. The highest BCUT2D eigenvalue weighted by molar-refractivity contribution is 6.39. The summed E-state index contributed by atoms with van der Waals surface area (Å²) in [6.45, 7) is 5.82. The molecule has 94 valence electrons. The first kappa shape index (κ1) is 13.0. The van der Waals surface area contributed by atoms with Crippen molar-refractivity contribution < 1.29 is 5.11 Å². The SMILES string of the molecule is CCN(c1c(Cl)cccc1Cl)N1CC(C)(O)C1. The molecule has 1 aliphatic rings. The van der Waals surface area contributed by atoms with E-state index in [0.717, 1.165) is 12.2 Å². The Morgan fingerprint density at radius 1 is 1.35 bits per heavy atom. The van der Waals surface area contributed by atoms with Crippen LogP contribution in [0.2, 0.25) is 10.0 Å². The van der Waals surface area contributed by atoms with E-state index in [-0.39, 0.29) is 0 Å². The molecule has 0 aliphatic carbocycles. The number of anilines is 1. The first-order valence-electron chi connectivity index (χ1n) is 5.63. The molecule has 1 aromatic carbocycles. The Balaban J connectivity index is 2.25. The Morgan fingerprint density at radius 2 is 1.88 bits per heavy atom. The number of para-hydroxylation sites is 1. The lowest BCUT2D eigenvalue weighted by Gasteiger charge is -2.50. The maximum atomic E-state index is 9.78. The summed E-state index contributed by atoms with van der Waals surface area (Å²) in [6, 6.07) is 5.47. The van der Waals surface area contributed by atoms with Gasteiger partial charge < -0.3 is 10.1 Å². The average molecular weight is 275 g/mol. The van der Waals surface area contributed by atoms with Crippen LogP contribution in [0, 0.1) is 0 Å². The summed E-state index contributed by atoms with van der Waals surface area (Å²) in [5, 5.41) is 15.1. The standard InChI is InChI=1S/C12H16Cl2N2O/c1-3-16(15-7-12(2,17)8-15)11-9(13)5-4-6-10(11)14/h4-6,17H,3,7-8H2,1-2H3. The third-order valence-corrected chi connectivity index (χ3v) is 3.49. The van der Waals surface area contributed by atoms with Gasteiger partial charge in [0.2, 0.25) is 0 Å². The third kappa shape index (κ3) is 2.52. The third-order valence-electron chi connectivity index (χ3n) is 2.88. The molecule has 0 bridgehead atoms. The molecule has 17 heavy (non-hydrogen) atoms. The van der Waals surface area contributed by atoms with Crippen molar-refractivity contribution >= 4 is 28.9 Å². The first-order chi connectivity index (χ1) is 7.94. The molecular weight excluding hydrogens is 259 g/mol. The van der Waals surface area contributed by atoms with Crippen molar-refractivity contribution in [2.75, 3.05) is 24.6 Å². The van der Waals surface area contributed by atoms with Crippen molar-refractivity contribution in [3.8, 4) is 0 Å². The molecule has 1 N–H and O–H groups in total. The number of hydrogen-bond acceptors (Lipinski definition) is 3. The van der Waals surface area contributed by atoms with Gasteiger partial charge in [0.1, 0.15) is 0 Å². The second-order valence-corrected chi connectivity index (χ2v) is 5.42. The molecule has 3 nitrogen and oxygen atoms in total. The van der Waals surface area contributed by atoms with Gasteiger partial charge in [-0.1, -0.05) is 29.3 Å². The van der Waals surface area contributed by atoms with Crippen molar-refractivity contribution in [2.45, 2.75) is 19.4 Å². The maximum Gasteiger partial charge on any atom is 0.0909 e. The number of nitrogens with zero attached hydrogens (tertiary/aromatic N) is 2. The summed E-state index contributed by atoms with van der Waals surface area (Å²) in [7, 11) is 0. The molecule has 2 rings (SSSR count). The minimum Gasteiger partial charge on any atom is -0.387 e. The average Bonchev–Trinajstić information content (AvgIpc) is 2.20. The molecule has 1 heterocycles. The highest BCUT2D eigenvalue weighted by Crippen LogP contribution is 2.36. The van der Waals surface area contributed by atoms with Gasteiger partial charge in [-0.2, -0.15) is 0 Å². The van der Waals surface area contributed by atoms with Crippen LogP contribution < -0.4 is 5.01 Å². The lowest BCUT2D eigenvalue weighted by molar-refractivity contribution is -0.0882. The molecular formula is C12H16Cl2N2O. The fraction of sp³-hybridized carbons (Fsp3) is 0.500. The molecule has 1 fully saturated rings. The van der Waals surface area contributed by atoms with E-state index in [4.69, 9.17) is 23.2 Å². The van der Waals surface area contributed by atoms with Crippen LogP contribution in [0.3, 0.4) is 0 Å².